The van der Waals surface area contributed by atoms with Crippen molar-refractivity contribution in [1.29, 1.82) is 0 Å². The van der Waals surface area contributed by atoms with Crippen LogP contribution < -0.4 is 18.9 Å². The fourth-order valence-corrected chi connectivity index (χ4v) is 4.64. The fourth-order valence-electron chi connectivity index (χ4n) is 4.64. The first-order valence-corrected chi connectivity index (χ1v) is 11.1. The van der Waals surface area contributed by atoms with E-state index in [1.165, 1.54) is 11.1 Å². The smallest absolute Gasteiger partial charge is 0.231 e. The van der Waals surface area contributed by atoms with Crippen LogP contribution in [0, 0.1) is 5.92 Å². The minimum atomic E-state index is -0.442. The third-order valence-corrected chi connectivity index (χ3v) is 6.53. The summed E-state index contributed by atoms with van der Waals surface area (Å²) in [5.74, 6) is 3.38. The van der Waals surface area contributed by atoms with Crippen LogP contribution in [0.15, 0.2) is 30.3 Å². The lowest BCUT2D eigenvalue weighted by molar-refractivity contribution is 0.0851. The van der Waals surface area contributed by atoms with Crippen molar-refractivity contribution in [1.82, 2.24) is 4.90 Å². The summed E-state index contributed by atoms with van der Waals surface area (Å²) in [4.78, 5) is 2.36. The van der Waals surface area contributed by atoms with E-state index in [4.69, 9.17) is 18.9 Å². The molecule has 0 fully saturated rings. The normalized spacial score (nSPS) is 19.4. The second kappa shape index (κ2) is 9.79. The van der Waals surface area contributed by atoms with Crippen LogP contribution in [0.1, 0.15) is 42.1 Å². The van der Waals surface area contributed by atoms with E-state index in [0.717, 1.165) is 68.0 Å². The Balaban J connectivity index is 1.25. The zero-order valence-corrected chi connectivity index (χ0v) is 18.7. The summed E-state index contributed by atoms with van der Waals surface area (Å²) in [7, 11) is 5.45. The number of hydrogen-bond donors (Lipinski definition) is 1. The highest BCUT2D eigenvalue weighted by Crippen LogP contribution is 2.42. The summed E-state index contributed by atoms with van der Waals surface area (Å²) in [6.45, 7) is 2.33. The van der Waals surface area contributed by atoms with E-state index in [1.807, 2.05) is 18.2 Å². The van der Waals surface area contributed by atoms with E-state index in [2.05, 4.69) is 24.1 Å². The molecule has 31 heavy (non-hydrogen) atoms. The Kier molecular flexibility index (Phi) is 6.88. The summed E-state index contributed by atoms with van der Waals surface area (Å²) in [5.41, 5.74) is 3.42. The Morgan fingerprint density at radius 2 is 1.81 bits per heavy atom. The summed E-state index contributed by atoms with van der Waals surface area (Å²) in [6, 6.07) is 10.1. The zero-order chi connectivity index (χ0) is 21.8. The van der Waals surface area contributed by atoms with E-state index in [-0.39, 0.29) is 5.92 Å². The quantitative estimate of drug-likeness (QED) is 0.653. The molecule has 0 spiro atoms. The molecule has 1 aliphatic carbocycles. The lowest BCUT2D eigenvalue weighted by Gasteiger charge is -2.31. The first-order chi connectivity index (χ1) is 15.1. The minimum Gasteiger partial charge on any atom is -0.493 e. The van der Waals surface area contributed by atoms with Gasteiger partial charge in [0.15, 0.2) is 23.0 Å². The monoisotopic (exact) mass is 427 g/mol. The van der Waals surface area contributed by atoms with E-state index in [9.17, 15) is 5.11 Å². The van der Waals surface area contributed by atoms with E-state index < -0.39 is 6.10 Å². The van der Waals surface area contributed by atoms with Crippen LogP contribution >= 0.6 is 0 Å². The highest BCUT2D eigenvalue weighted by atomic mass is 16.7. The minimum absolute atomic E-state index is 0.285. The topological polar surface area (TPSA) is 60.4 Å². The van der Waals surface area contributed by atoms with Crippen LogP contribution in [0.3, 0.4) is 0 Å². The molecular weight excluding hydrogens is 394 g/mol. The summed E-state index contributed by atoms with van der Waals surface area (Å²) in [5, 5.41) is 11.0. The second-order valence-corrected chi connectivity index (χ2v) is 8.53. The van der Waals surface area contributed by atoms with Crippen molar-refractivity contribution >= 4 is 0 Å². The number of likely N-dealkylation sites (N-methyl/N-ethyl adjacent to an activating group) is 1. The Hall–Kier alpha value is -2.44. The molecule has 6 nitrogen and oxygen atoms in total. The summed E-state index contributed by atoms with van der Waals surface area (Å²) >= 11 is 0. The van der Waals surface area contributed by atoms with Gasteiger partial charge in [-0.3, -0.25) is 0 Å². The number of fused-ring (bicyclic) bond motifs is 2. The Morgan fingerprint density at radius 1 is 1.03 bits per heavy atom. The molecule has 4 rings (SSSR count). The standard InChI is InChI=1S/C25H33NO5/c1-26(12-10-17-6-9-21-24(13-17)31-16-30-21)11-4-5-18-7-8-19-14-22(28-2)23(29-3)15-20(19)25(18)27/h6,9,13-15,18,25,27H,4-5,7-8,10-12,16H2,1-3H3. The van der Waals surface area contributed by atoms with Gasteiger partial charge in [0.05, 0.1) is 20.3 Å². The molecule has 168 valence electrons. The third kappa shape index (κ3) is 4.91. The van der Waals surface area contributed by atoms with Gasteiger partial charge in [-0.2, -0.15) is 0 Å². The van der Waals surface area contributed by atoms with Crippen molar-refractivity contribution in [2.45, 2.75) is 38.2 Å². The lowest BCUT2D eigenvalue weighted by Crippen LogP contribution is -2.25. The van der Waals surface area contributed by atoms with E-state index >= 15 is 0 Å². The SMILES string of the molecule is COc1cc2c(cc1OC)C(O)C(CCCN(C)CCc1ccc3c(c1)OCO3)CC2. The van der Waals surface area contributed by atoms with Crippen molar-refractivity contribution < 1.29 is 24.1 Å². The van der Waals surface area contributed by atoms with Crippen LogP contribution in [0.5, 0.6) is 23.0 Å². The molecule has 2 aromatic carbocycles. The maximum Gasteiger partial charge on any atom is 0.231 e. The number of hydrogen-bond acceptors (Lipinski definition) is 6. The molecule has 1 heterocycles. The number of methoxy groups -OCH3 is 2. The molecule has 0 saturated heterocycles. The van der Waals surface area contributed by atoms with Gasteiger partial charge in [0.2, 0.25) is 6.79 Å². The maximum atomic E-state index is 11.0. The van der Waals surface area contributed by atoms with Crippen LogP contribution in [-0.4, -0.2) is 51.2 Å². The van der Waals surface area contributed by atoms with Gasteiger partial charge in [0.25, 0.3) is 0 Å². The molecule has 0 radical (unpaired) electrons. The molecule has 0 saturated carbocycles. The lowest BCUT2D eigenvalue weighted by atomic mass is 9.79. The van der Waals surface area contributed by atoms with Gasteiger partial charge in [0.1, 0.15) is 0 Å². The van der Waals surface area contributed by atoms with Crippen LogP contribution in [-0.2, 0) is 12.8 Å². The van der Waals surface area contributed by atoms with Crippen molar-refractivity contribution in [3.05, 3.63) is 47.0 Å². The molecule has 0 bridgehead atoms. The number of aryl methyl sites for hydroxylation is 1. The van der Waals surface area contributed by atoms with Crippen molar-refractivity contribution in [3.8, 4) is 23.0 Å². The van der Waals surface area contributed by atoms with E-state index in [1.54, 1.807) is 14.2 Å². The number of aliphatic hydroxyl groups excluding tert-OH is 1. The Morgan fingerprint density at radius 3 is 2.61 bits per heavy atom. The van der Waals surface area contributed by atoms with Crippen LogP contribution in [0.25, 0.3) is 0 Å². The number of ether oxygens (including phenoxy) is 4. The van der Waals surface area contributed by atoms with Gasteiger partial charge < -0.3 is 29.0 Å². The predicted octanol–water partition coefficient (Wildman–Crippen LogP) is 3.98. The Labute approximate surface area is 184 Å². The molecule has 2 aliphatic rings. The van der Waals surface area contributed by atoms with Crippen molar-refractivity contribution in [3.63, 3.8) is 0 Å². The second-order valence-electron chi connectivity index (χ2n) is 8.53. The van der Waals surface area contributed by atoms with Gasteiger partial charge in [-0.05, 0) is 92.6 Å². The highest BCUT2D eigenvalue weighted by molar-refractivity contribution is 5.49. The molecule has 1 N–H and O–H groups in total. The number of rotatable bonds is 9. The number of aliphatic hydroxyl groups is 1. The summed E-state index contributed by atoms with van der Waals surface area (Å²) < 4.78 is 21.7. The van der Waals surface area contributed by atoms with Crippen LogP contribution in [0.4, 0.5) is 0 Å². The third-order valence-electron chi connectivity index (χ3n) is 6.53. The van der Waals surface area contributed by atoms with Crippen LogP contribution in [0.2, 0.25) is 0 Å². The zero-order valence-electron chi connectivity index (χ0n) is 18.7. The average molecular weight is 428 g/mol. The molecular formula is C25H33NO5. The molecule has 2 atom stereocenters. The van der Waals surface area contributed by atoms with Gasteiger partial charge in [-0.15, -0.1) is 0 Å². The molecule has 6 heteroatoms. The van der Waals surface area contributed by atoms with Gasteiger partial charge in [0, 0.05) is 6.54 Å². The Bertz CT molecular complexity index is 900. The van der Waals surface area contributed by atoms with Crippen molar-refractivity contribution in [2.75, 3.05) is 41.1 Å². The maximum absolute atomic E-state index is 11.0. The van der Waals surface area contributed by atoms with Gasteiger partial charge in [-0.25, -0.2) is 0 Å². The molecule has 0 amide bonds. The van der Waals surface area contributed by atoms with Crippen molar-refractivity contribution in [2.24, 2.45) is 5.92 Å². The summed E-state index contributed by atoms with van der Waals surface area (Å²) in [6.07, 6.45) is 4.60. The predicted molar refractivity (Wildman–Crippen MR) is 119 cm³/mol. The first-order valence-electron chi connectivity index (χ1n) is 11.1. The average Bonchev–Trinajstić information content (AvgIpc) is 3.26. The highest BCUT2D eigenvalue weighted by Gasteiger charge is 2.29. The van der Waals surface area contributed by atoms with Gasteiger partial charge >= 0.3 is 0 Å². The fraction of sp³-hybridized carbons (Fsp3) is 0.520. The van der Waals surface area contributed by atoms with E-state index in [0.29, 0.717) is 12.5 Å². The molecule has 0 aromatic heterocycles. The molecule has 2 aromatic rings. The largest absolute Gasteiger partial charge is 0.493 e. The number of benzene rings is 2. The molecule has 2 unspecified atom stereocenters. The van der Waals surface area contributed by atoms with Gasteiger partial charge in [-0.1, -0.05) is 6.07 Å². The first kappa shape index (κ1) is 21.8. The molecule has 1 aliphatic heterocycles. The number of nitrogens with zero attached hydrogens (tertiary/aromatic N) is 1.